The standard InChI is InChI=1S/C13H10BrN3OS/c14-11-2-1-10(19-11)13(18)16-8-9-3-5-17-6-4-15-12(17)7-9/h1-7H,8H2,(H,16,18). The molecule has 0 bridgehead atoms. The Labute approximate surface area is 122 Å². The summed E-state index contributed by atoms with van der Waals surface area (Å²) in [6.07, 6.45) is 5.58. The van der Waals surface area contributed by atoms with Crippen molar-refractivity contribution >= 4 is 38.8 Å². The number of imidazole rings is 1. The van der Waals surface area contributed by atoms with Gasteiger partial charge in [0, 0.05) is 25.1 Å². The van der Waals surface area contributed by atoms with E-state index in [1.807, 2.05) is 41.1 Å². The summed E-state index contributed by atoms with van der Waals surface area (Å²) in [5, 5.41) is 2.90. The number of nitrogens with one attached hydrogen (secondary N) is 1. The molecule has 0 aliphatic carbocycles. The lowest BCUT2D eigenvalue weighted by atomic mass is 10.2. The summed E-state index contributed by atoms with van der Waals surface area (Å²) in [5.74, 6) is -0.0566. The predicted octanol–water partition coefficient (Wildman–Crippen LogP) is 3.09. The summed E-state index contributed by atoms with van der Waals surface area (Å²) < 4.78 is 2.89. The second-order valence-electron chi connectivity index (χ2n) is 4.01. The minimum absolute atomic E-state index is 0.0566. The van der Waals surface area contributed by atoms with E-state index in [2.05, 4.69) is 26.2 Å². The highest BCUT2D eigenvalue weighted by molar-refractivity contribution is 9.11. The molecule has 0 fully saturated rings. The van der Waals surface area contributed by atoms with Crippen molar-refractivity contribution in [2.45, 2.75) is 6.54 Å². The number of hydrogen-bond acceptors (Lipinski definition) is 3. The predicted molar refractivity (Wildman–Crippen MR) is 78.4 cm³/mol. The molecular formula is C13H10BrN3OS. The number of rotatable bonds is 3. The molecule has 19 heavy (non-hydrogen) atoms. The van der Waals surface area contributed by atoms with Crippen LogP contribution in [0, 0.1) is 0 Å². The van der Waals surface area contributed by atoms with Crippen LogP contribution in [-0.4, -0.2) is 15.3 Å². The van der Waals surface area contributed by atoms with Crippen LogP contribution in [0.25, 0.3) is 5.65 Å². The molecule has 0 spiro atoms. The SMILES string of the molecule is O=C(NCc1ccn2ccnc2c1)c1ccc(Br)s1. The van der Waals surface area contributed by atoms with Crippen molar-refractivity contribution in [2.24, 2.45) is 0 Å². The fraction of sp³-hybridized carbons (Fsp3) is 0.0769. The zero-order valence-corrected chi connectivity index (χ0v) is 12.2. The number of carbonyl (C=O) groups is 1. The van der Waals surface area contributed by atoms with Crippen molar-refractivity contribution in [3.63, 3.8) is 0 Å². The van der Waals surface area contributed by atoms with Gasteiger partial charge in [0.05, 0.1) is 8.66 Å². The zero-order chi connectivity index (χ0) is 13.2. The third-order valence-electron chi connectivity index (χ3n) is 2.71. The highest BCUT2D eigenvalue weighted by atomic mass is 79.9. The van der Waals surface area contributed by atoms with E-state index in [9.17, 15) is 4.79 Å². The van der Waals surface area contributed by atoms with Gasteiger partial charge in [-0.2, -0.15) is 0 Å². The largest absolute Gasteiger partial charge is 0.347 e. The van der Waals surface area contributed by atoms with E-state index in [4.69, 9.17) is 0 Å². The van der Waals surface area contributed by atoms with Gasteiger partial charge in [0.25, 0.3) is 5.91 Å². The Bertz CT molecular complexity index is 734. The van der Waals surface area contributed by atoms with Crippen LogP contribution in [0.5, 0.6) is 0 Å². The summed E-state index contributed by atoms with van der Waals surface area (Å²) in [4.78, 5) is 16.8. The summed E-state index contributed by atoms with van der Waals surface area (Å²) >= 11 is 4.77. The number of carbonyl (C=O) groups excluding carboxylic acids is 1. The van der Waals surface area contributed by atoms with Crippen LogP contribution in [0.4, 0.5) is 0 Å². The van der Waals surface area contributed by atoms with E-state index < -0.39 is 0 Å². The molecule has 1 amide bonds. The van der Waals surface area contributed by atoms with Gasteiger partial charge in [0.1, 0.15) is 5.65 Å². The number of pyridine rings is 1. The van der Waals surface area contributed by atoms with Crippen LogP contribution >= 0.6 is 27.3 Å². The molecule has 6 heteroatoms. The van der Waals surface area contributed by atoms with Crippen molar-refractivity contribution in [1.82, 2.24) is 14.7 Å². The maximum Gasteiger partial charge on any atom is 0.261 e. The number of nitrogens with zero attached hydrogens (tertiary/aromatic N) is 2. The zero-order valence-electron chi connectivity index (χ0n) is 9.84. The molecule has 0 radical (unpaired) electrons. The molecule has 3 rings (SSSR count). The van der Waals surface area contributed by atoms with Crippen molar-refractivity contribution in [2.75, 3.05) is 0 Å². The van der Waals surface area contributed by atoms with Gasteiger partial charge in [-0.05, 0) is 45.8 Å². The minimum atomic E-state index is -0.0566. The molecule has 1 N–H and O–H groups in total. The Morgan fingerprint density at radius 1 is 1.37 bits per heavy atom. The van der Waals surface area contributed by atoms with Gasteiger partial charge in [-0.15, -0.1) is 11.3 Å². The van der Waals surface area contributed by atoms with Crippen molar-refractivity contribution in [3.05, 3.63) is 57.1 Å². The molecule has 0 aliphatic rings. The Balaban J connectivity index is 1.70. The molecule has 0 atom stereocenters. The average Bonchev–Trinajstić information content (AvgIpc) is 3.03. The molecular weight excluding hydrogens is 326 g/mol. The van der Waals surface area contributed by atoms with E-state index in [0.29, 0.717) is 11.4 Å². The lowest BCUT2D eigenvalue weighted by Gasteiger charge is -2.04. The van der Waals surface area contributed by atoms with E-state index in [0.717, 1.165) is 15.0 Å². The number of thiophene rings is 1. The normalized spacial score (nSPS) is 10.8. The second kappa shape index (κ2) is 5.14. The number of fused-ring (bicyclic) bond motifs is 1. The van der Waals surface area contributed by atoms with Gasteiger partial charge in [0.2, 0.25) is 0 Å². The molecule has 96 valence electrons. The topological polar surface area (TPSA) is 46.4 Å². The lowest BCUT2D eigenvalue weighted by Crippen LogP contribution is -2.21. The van der Waals surface area contributed by atoms with Crippen LogP contribution < -0.4 is 5.32 Å². The molecule has 0 saturated heterocycles. The van der Waals surface area contributed by atoms with Crippen LogP contribution in [0.2, 0.25) is 0 Å². The molecule has 0 aromatic carbocycles. The fourth-order valence-electron chi connectivity index (χ4n) is 1.77. The number of aromatic nitrogens is 2. The van der Waals surface area contributed by atoms with Gasteiger partial charge >= 0.3 is 0 Å². The second-order valence-corrected chi connectivity index (χ2v) is 6.48. The first-order valence-electron chi connectivity index (χ1n) is 5.67. The number of halogens is 1. The van der Waals surface area contributed by atoms with Crippen LogP contribution in [0.15, 0.2) is 46.6 Å². The first-order chi connectivity index (χ1) is 9.22. The molecule has 3 aromatic heterocycles. The monoisotopic (exact) mass is 335 g/mol. The fourth-order valence-corrected chi connectivity index (χ4v) is 3.07. The summed E-state index contributed by atoms with van der Waals surface area (Å²) in [6.45, 7) is 0.498. The van der Waals surface area contributed by atoms with Crippen LogP contribution in [0.3, 0.4) is 0 Å². The molecule has 0 aliphatic heterocycles. The Kier molecular flexibility index (Phi) is 3.35. The van der Waals surface area contributed by atoms with E-state index in [1.54, 1.807) is 6.20 Å². The van der Waals surface area contributed by atoms with Crippen LogP contribution in [0.1, 0.15) is 15.2 Å². The first kappa shape index (κ1) is 12.4. The van der Waals surface area contributed by atoms with Gasteiger partial charge in [0.15, 0.2) is 0 Å². The maximum atomic E-state index is 11.9. The summed E-state index contributed by atoms with van der Waals surface area (Å²) in [7, 11) is 0. The molecule has 3 heterocycles. The minimum Gasteiger partial charge on any atom is -0.347 e. The number of hydrogen-bond donors (Lipinski definition) is 1. The molecule has 3 aromatic rings. The lowest BCUT2D eigenvalue weighted by molar-refractivity contribution is 0.0955. The third kappa shape index (κ3) is 2.69. The van der Waals surface area contributed by atoms with E-state index in [-0.39, 0.29) is 5.91 Å². The van der Waals surface area contributed by atoms with Crippen LogP contribution in [-0.2, 0) is 6.54 Å². The first-order valence-corrected chi connectivity index (χ1v) is 7.28. The number of amides is 1. The Morgan fingerprint density at radius 3 is 3.05 bits per heavy atom. The Morgan fingerprint density at radius 2 is 2.26 bits per heavy atom. The average molecular weight is 336 g/mol. The highest BCUT2D eigenvalue weighted by Gasteiger charge is 2.08. The highest BCUT2D eigenvalue weighted by Crippen LogP contribution is 2.21. The smallest absolute Gasteiger partial charge is 0.261 e. The van der Waals surface area contributed by atoms with Crippen molar-refractivity contribution in [1.29, 1.82) is 0 Å². The molecule has 0 saturated carbocycles. The maximum absolute atomic E-state index is 11.9. The van der Waals surface area contributed by atoms with Crippen molar-refractivity contribution < 1.29 is 4.79 Å². The summed E-state index contributed by atoms with van der Waals surface area (Å²) in [6, 6.07) is 7.61. The van der Waals surface area contributed by atoms with Gasteiger partial charge in [-0.3, -0.25) is 4.79 Å². The van der Waals surface area contributed by atoms with Gasteiger partial charge in [-0.25, -0.2) is 4.98 Å². The Hall–Kier alpha value is -1.66. The van der Waals surface area contributed by atoms with Gasteiger partial charge < -0.3 is 9.72 Å². The van der Waals surface area contributed by atoms with Gasteiger partial charge in [-0.1, -0.05) is 0 Å². The quantitative estimate of drug-likeness (QED) is 0.799. The van der Waals surface area contributed by atoms with Crippen molar-refractivity contribution in [3.8, 4) is 0 Å². The van der Waals surface area contributed by atoms with E-state index >= 15 is 0 Å². The third-order valence-corrected chi connectivity index (χ3v) is 4.33. The molecule has 0 unspecified atom stereocenters. The van der Waals surface area contributed by atoms with E-state index in [1.165, 1.54) is 11.3 Å². The molecule has 4 nitrogen and oxygen atoms in total. The summed E-state index contributed by atoms with van der Waals surface area (Å²) in [5.41, 5.74) is 1.91.